The summed E-state index contributed by atoms with van der Waals surface area (Å²) in [4.78, 5) is 23.4. The minimum absolute atomic E-state index is 0. The molecule has 0 atom stereocenters. The number of carbonyl (C=O) groups is 1. The van der Waals surface area contributed by atoms with Crippen LogP contribution in [0.25, 0.3) is 0 Å². The van der Waals surface area contributed by atoms with E-state index >= 15 is 0 Å². The van der Waals surface area contributed by atoms with E-state index in [1.807, 2.05) is 24.3 Å². The summed E-state index contributed by atoms with van der Waals surface area (Å²) in [5, 5.41) is 9.22. The summed E-state index contributed by atoms with van der Waals surface area (Å²) in [6, 6.07) is 7.51. The number of anilines is 3. The summed E-state index contributed by atoms with van der Waals surface area (Å²) < 4.78 is 5.38. The molecule has 0 spiro atoms. The van der Waals surface area contributed by atoms with Crippen molar-refractivity contribution < 1.29 is 9.53 Å². The first-order valence-electron chi connectivity index (χ1n) is 8.67. The molecular formula is C18H25ClN6O2. The standard InChI is InChI=1S/C18H24N6O2.ClH/c1-19-17(25)13-12-21-18(24-10-5-8-20-9-11-24)23-16(13)22-14-6-3-4-7-15(14)26-2;/h3-4,6-7,12,20H,5,8-11H2,1-2H3,(H,19,25)(H,21,22,23);1H. The monoisotopic (exact) mass is 392 g/mol. The first-order chi connectivity index (χ1) is 12.7. The average molecular weight is 393 g/mol. The second-order valence-corrected chi connectivity index (χ2v) is 5.93. The van der Waals surface area contributed by atoms with E-state index in [0.717, 1.165) is 38.3 Å². The van der Waals surface area contributed by atoms with Gasteiger partial charge in [-0.25, -0.2) is 4.98 Å². The Morgan fingerprint density at radius 1 is 1.26 bits per heavy atom. The number of carbonyl (C=O) groups excluding carboxylic acids is 1. The van der Waals surface area contributed by atoms with Gasteiger partial charge in [0, 0.05) is 32.9 Å². The van der Waals surface area contributed by atoms with Crippen molar-refractivity contribution in [3.63, 3.8) is 0 Å². The highest BCUT2D eigenvalue weighted by molar-refractivity contribution is 5.99. The number of nitrogens with one attached hydrogen (secondary N) is 3. The second-order valence-electron chi connectivity index (χ2n) is 5.93. The third-order valence-electron chi connectivity index (χ3n) is 4.23. The lowest BCUT2D eigenvalue weighted by atomic mass is 10.2. The summed E-state index contributed by atoms with van der Waals surface area (Å²) in [6.45, 7) is 3.57. The number of aromatic nitrogens is 2. The van der Waals surface area contributed by atoms with Gasteiger partial charge in [0.25, 0.3) is 5.91 Å². The maximum atomic E-state index is 12.2. The molecular weight excluding hydrogens is 368 g/mol. The molecule has 1 fully saturated rings. The molecule has 0 aliphatic carbocycles. The number of benzene rings is 1. The Bertz CT molecular complexity index is 765. The molecule has 9 heteroatoms. The summed E-state index contributed by atoms with van der Waals surface area (Å²) in [5.74, 6) is 1.50. The van der Waals surface area contributed by atoms with Gasteiger partial charge in [0.05, 0.1) is 12.8 Å². The maximum absolute atomic E-state index is 12.2. The van der Waals surface area contributed by atoms with E-state index in [9.17, 15) is 4.79 Å². The number of hydrogen-bond donors (Lipinski definition) is 3. The highest BCUT2D eigenvalue weighted by atomic mass is 35.5. The van der Waals surface area contributed by atoms with E-state index in [1.54, 1.807) is 20.4 Å². The van der Waals surface area contributed by atoms with Crippen LogP contribution in [0.15, 0.2) is 30.5 Å². The summed E-state index contributed by atoms with van der Waals surface area (Å²) >= 11 is 0. The van der Waals surface area contributed by atoms with Crippen LogP contribution in [0.5, 0.6) is 5.75 Å². The molecule has 8 nitrogen and oxygen atoms in total. The number of rotatable bonds is 5. The first-order valence-corrected chi connectivity index (χ1v) is 8.67. The van der Waals surface area contributed by atoms with Gasteiger partial charge in [-0.1, -0.05) is 12.1 Å². The largest absolute Gasteiger partial charge is 0.495 e. The third kappa shape index (κ3) is 4.99. The van der Waals surface area contributed by atoms with Crippen LogP contribution in [0.1, 0.15) is 16.8 Å². The van der Waals surface area contributed by atoms with Crippen LogP contribution in [0.4, 0.5) is 17.5 Å². The first kappa shape index (κ1) is 20.7. The minimum atomic E-state index is -0.244. The van der Waals surface area contributed by atoms with E-state index in [1.165, 1.54) is 0 Å². The SMILES string of the molecule is CNC(=O)c1cnc(N2CCCNCC2)nc1Nc1ccccc1OC.Cl. The highest BCUT2D eigenvalue weighted by Gasteiger charge is 2.18. The van der Waals surface area contributed by atoms with E-state index in [2.05, 4.69) is 30.8 Å². The number of hydrogen-bond acceptors (Lipinski definition) is 7. The fourth-order valence-electron chi connectivity index (χ4n) is 2.84. The number of amides is 1. The van der Waals surface area contributed by atoms with Crippen LogP contribution in [0.2, 0.25) is 0 Å². The van der Waals surface area contributed by atoms with Crippen LogP contribution in [0, 0.1) is 0 Å². The van der Waals surface area contributed by atoms with Crippen LogP contribution >= 0.6 is 12.4 Å². The molecule has 27 heavy (non-hydrogen) atoms. The van der Waals surface area contributed by atoms with Crippen molar-refractivity contribution in [2.45, 2.75) is 6.42 Å². The topological polar surface area (TPSA) is 91.4 Å². The van der Waals surface area contributed by atoms with E-state index < -0.39 is 0 Å². The Morgan fingerprint density at radius 3 is 2.85 bits per heavy atom. The fourth-order valence-corrected chi connectivity index (χ4v) is 2.84. The maximum Gasteiger partial charge on any atom is 0.256 e. The quantitative estimate of drug-likeness (QED) is 0.714. The molecule has 2 heterocycles. The van der Waals surface area contributed by atoms with Crippen LogP contribution in [-0.2, 0) is 0 Å². The molecule has 1 amide bonds. The number of halogens is 1. The molecule has 3 rings (SSSR count). The van der Waals surface area contributed by atoms with Crippen molar-refractivity contribution in [1.82, 2.24) is 20.6 Å². The van der Waals surface area contributed by atoms with Gasteiger partial charge in [-0.2, -0.15) is 4.98 Å². The lowest BCUT2D eigenvalue weighted by Gasteiger charge is -2.21. The molecule has 0 radical (unpaired) electrons. The van der Waals surface area contributed by atoms with Crippen LogP contribution < -0.4 is 25.6 Å². The van der Waals surface area contributed by atoms with Crippen molar-refractivity contribution in [2.24, 2.45) is 0 Å². The zero-order valence-corrected chi connectivity index (χ0v) is 16.3. The van der Waals surface area contributed by atoms with Gasteiger partial charge in [-0.15, -0.1) is 12.4 Å². The van der Waals surface area contributed by atoms with Crippen molar-refractivity contribution in [3.05, 3.63) is 36.0 Å². The number of nitrogens with zero attached hydrogens (tertiary/aromatic N) is 3. The molecule has 146 valence electrons. The molecule has 1 aliphatic heterocycles. The highest BCUT2D eigenvalue weighted by Crippen LogP contribution is 2.28. The normalized spacial score (nSPS) is 13.9. The van der Waals surface area contributed by atoms with Gasteiger partial charge in [0.2, 0.25) is 5.95 Å². The van der Waals surface area contributed by atoms with Crippen LogP contribution in [0.3, 0.4) is 0 Å². The predicted molar refractivity (Wildman–Crippen MR) is 109 cm³/mol. The van der Waals surface area contributed by atoms with Crippen molar-refractivity contribution in [3.8, 4) is 5.75 Å². The van der Waals surface area contributed by atoms with Gasteiger partial charge in [-0.05, 0) is 25.1 Å². The van der Waals surface area contributed by atoms with Gasteiger partial charge >= 0.3 is 0 Å². The molecule has 0 saturated carbocycles. The van der Waals surface area contributed by atoms with Gasteiger partial charge in [0.1, 0.15) is 17.1 Å². The molecule has 1 aromatic carbocycles. The Labute approximate surface area is 165 Å². The molecule has 1 saturated heterocycles. The number of para-hydroxylation sites is 2. The molecule has 1 aromatic heterocycles. The predicted octanol–water partition coefficient (Wildman–Crippen LogP) is 1.81. The van der Waals surface area contributed by atoms with Gasteiger partial charge < -0.3 is 25.6 Å². The average Bonchev–Trinajstić information content (AvgIpc) is 2.97. The molecule has 0 bridgehead atoms. The zero-order valence-electron chi connectivity index (χ0n) is 15.5. The van der Waals surface area contributed by atoms with Crippen LogP contribution in [-0.4, -0.2) is 56.2 Å². The Kier molecular flexibility index (Phi) is 7.63. The molecule has 1 aliphatic rings. The number of methoxy groups -OCH3 is 1. The Morgan fingerprint density at radius 2 is 2.07 bits per heavy atom. The van der Waals surface area contributed by atoms with E-state index in [4.69, 9.17) is 4.74 Å². The fraction of sp³-hybridized carbons (Fsp3) is 0.389. The molecule has 3 N–H and O–H groups in total. The summed E-state index contributed by atoms with van der Waals surface area (Å²) in [5.41, 5.74) is 1.12. The summed E-state index contributed by atoms with van der Waals surface area (Å²) in [6.07, 6.45) is 2.59. The van der Waals surface area contributed by atoms with E-state index in [-0.39, 0.29) is 18.3 Å². The number of ether oxygens (including phenoxy) is 1. The summed E-state index contributed by atoms with van der Waals surface area (Å²) in [7, 11) is 3.19. The van der Waals surface area contributed by atoms with Gasteiger partial charge in [-0.3, -0.25) is 4.79 Å². The van der Waals surface area contributed by atoms with Crippen molar-refractivity contribution in [1.29, 1.82) is 0 Å². The lowest BCUT2D eigenvalue weighted by molar-refractivity contribution is 0.0963. The lowest BCUT2D eigenvalue weighted by Crippen LogP contribution is -2.30. The Balaban J connectivity index is 0.00000261. The van der Waals surface area contributed by atoms with E-state index in [0.29, 0.717) is 23.1 Å². The second kappa shape index (κ2) is 9.94. The van der Waals surface area contributed by atoms with Crippen molar-refractivity contribution in [2.75, 3.05) is 50.6 Å². The minimum Gasteiger partial charge on any atom is -0.495 e. The Hall–Kier alpha value is -2.58. The third-order valence-corrected chi connectivity index (χ3v) is 4.23. The molecule has 0 unspecified atom stereocenters. The zero-order chi connectivity index (χ0) is 18.4. The van der Waals surface area contributed by atoms with Gasteiger partial charge in [0.15, 0.2) is 0 Å². The van der Waals surface area contributed by atoms with Crippen molar-refractivity contribution >= 4 is 35.8 Å². The molecule has 2 aromatic rings. The smallest absolute Gasteiger partial charge is 0.256 e.